The molecule has 2 aliphatic rings. The van der Waals surface area contributed by atoms with Crippen molar-refractivity contribution in [2.75, 3.05) is 19.6 Å². The predicted octanol–water partition coefficient (Wildman–Crippen LogP) is 5.26. The van der Waals surface area contributed by atoms with Crippen LogP contribution in [0.2, 0.25) is 0 Å². The van der Waals surface area contributed by atoms with E-state index >= 15 is 0 Å². The SMILES string of the molecule is C(#CC(c1ccccc1)(c1ccccc1)C1CCCC1)CN1CCCC1. The van der Waals surface area contributed by atoms with E-state index in [9.17, 15) is 0 Å². The van der Waals surface area contributed by atoms with Crippen molar-refractivity contribution < 1.29 is 0 Å². The van der Waals surface area contributed by atoms with E-state index in [2.05, 4.69) is 77.4 Å². The van der Waals surface area contributed by atoms with E-state index < -0.39 is 0 Å². The molecule has 2 aromatic carbocycles. The molecule has 0 aromatic heterocycles. The maximum atomic E-state index is 3.84. The fourth-order valence-corrected chi connectivity index (χ4v) is 4.88. The Morgan fingerprint density at radius 1 is 0.769 bits per heavy atom. The molecule has 1 aliphatic carbocycles. The molecule has 1 saturated heterocycles. The van der Waals surface area contributed by atoms with Gasteiger partial charge in [0, 0.05) is 0 Å². The minimum Gasteiger partial charge on any atom is -0.292 e. The lowest BCUT2D eigenvalue weighted by Crippen LogP contribution is -2.34. The molecule has 26 heavy (non-hydrogen) atoms. The van der Waals surface area contributed by atoms with Crippen molar-refractivity contribution in [2.24, 2.45) is 5.92 Å². The second kappa shape index (κ2) is 8.11. The highest BCUT2D eigenvalue weighted by molar-refractivity contribution is 5.49. The Bertz CT molecular complexity index is 701. The topological polar surface area (TPSA) is 3.24 Å². The highest BCUT2D eigenvalue weighted by atomic mass is 15.1. The normalized spacial score (nSPS) is 18.6. The Kier molecular flexibility index (Phi) is 5.42. The molecule has 1 saturated carbocycles. The number of hydrogen-bond donors (Lipinski definition) is 0. The number of rotatable bonds is 4. The second-order valence-corrected chi connectivity index (χ2v) is 7.81. The molecule has 0 bridgehead atoms. The molecule has 134 valence electrons. The summed E-state index contributed by atoms with van der Waals surface area (Å²) >= 11 is 0. The fourth-order valence-electron chi connectivity index (χ4n) is 4.88. The Balaban J connectivity index is 1.79. The first-order valence-corrected chi connectivity index (χ1v) is 10.2. The van der Waals surface area contributed by atoms with Gasteiger partial charge in [0.05, 0.1) is 12.0 Å². The van der Waals surface area contributed by atoms with Crippen molar-refractivity contribution in [3.8, 4) is 11.8 Å². The average Bonchev–Trinajstić information content (AvgIpc) is 3.41. The molecule has 2 fully saturated rings. The molecule has 0 radical (unpaired) electrons. The van der Waals surface area contributed by atoms with E-state index in [1.165, 1.54) is 62.7 Å². The van der Waals surface area contributed by atoms with Crippen LogP contribution in [0.1, 0.15) is 49.7 Å². The molecule has 0 N–H and O–H groups in total. The lowest BCUT2D eigenvalue weighted by Gasteiger charge is -2.36. The van der Waals surface area contributed by atoms with E-state index in [1.54, 1.807) is 0 Å². The van der Waals surface area contributed by atoms with Crippen molar-refractivity contribution in [1.29, 1.82) is 0 Å². The molecule has 1 heterocycles. The van der Waals surface area contributed by atoms with Gasteiger partial charge in [-0.1, -0.05) is 85.3 Å². The summed E-state index contributed by atoms with van der Waals surface area (Å²) in [5.74, 6) is 8.07. The van der Waals surface area contributed by atoms with Gasteiger partial charge in [0.1, 0.15) is 0 Å². The van der Waals surface area contributed by atoms with E-state index in [0.29, 0.717) is 5.92 Å². The van der Waals surface area contributed by atoms with Crippen LogP contribution < -0.4 is 0 Å². The zero-order valence-electron chi connectivity index (χ0n) is 15.7. The van der Waals surface area contributed by atoms with Crippen molar-refractivity contribution in [2.45, 2.75) is 43.9 Å². The third kappa shape index (κ3) is 3.44. The summed E-state index contributed by atoms with van der Waals surface area (Å²) < 4.78 is 0. The molecule has 1 heteroatoms. The van der Waals surface area contributed by atoms with Gasteiger partial charge in [0.25, 0.3) is 0 Å². The molecular formula is C25H29N. The lowest BCUT2D eigenvalue weighted by molar-refractivity contribution is 0.380. The number of hydrogen-bond acceptors (Lipinski definition) is 1. The van der Waals surface area contributed by atoms with Crippen molar-refractivity contribution in [3.63, 3.8) is 0 Å². The number of nitrogens with zero attached hydrogens (tertiary/aromatic N) is 1. The van der Waals surface area contributed by atoms with Gasteiger partial charge >= 0.3 is 0 Å². The molecular weight excluding hydrogens is 314 g/mol. The summed E-state index contributed by atoms with van der Waals surface area (Å²) in [6.07, 6.45) is 7.88. The zero-order valence-corrected chi connectivity index (χ0v) is 15.7. The standard InChI is InChI=1S/C25H29N/c1-3-12-22(13-4-1)25(24-16-7-8-17-24,23-14-5-2-6-15-23)18-11-21-26-19-9-10-20-26/h1-6,12-15,24H,7-10,16-17,19-21H2. The lowest BCUT2D eigenvalue weighted by atomic mass is 9.65. The summed E-state index contributed by atoms with van der Waals surface area (Å²) in [6, 6.07) is 22.1. The van der Waals surface area contributed by atoms with Crippen LogP contribution in [0.25, 0.3) is 0 Å². The van der Waals surface area contributed by atoms with E-state index in [0.717, 1.165) is 6.54 Å². The highest BCUT2D eigenvalue weighted by Crippen LogP contribution is 2.46. The molecule has 1 nitrogen and oxygen atoms in total. The summed E-state index contributed by atoms with van der Waals surface area (Å²) in [7, 11) is 0. The van der Waals surface area contributed by atoms with Gasteiger partial charge in [-0.05, 0) is 55.8 Å². The monoisotopic (exact) mass is 343 g/mol. The molecule has 0 atom stereocenters. The molecule has 0 amide bonds. The van der Waals surface area contributed by atoms with E-state index in [1.807, 2.05) is 0 Å². The highest BCUT2D eigenvalue weighted by Gasteiger charge is 2.41. The van der Waals surface area contributed by atoms with Gasteiger partial charge in [-0.25, -0.2) is 0 Å². The zero-order chi connectivity index (χ0) is 17.7. The molecule has 1 aliphatic heterocycles. The first-order chi connectivity index (χ1) is 12.9. The summed E-state index contributed by atoms with van der Waals surface area (Å²) in [5.41, 5.74) is 2.57. The minimum atomic E-state index is -0.168. The maximum Gasteiger partial charge on any atom is 0.0840 e. The Hall–Kier alpha value is -2.04. The Morgan fingerprint density at radius 2 is 1.31 bits per heavy atom. The third-order valence-corrected chi connectivity index (χ3v) is 6.21. The number of benzene rings is 2. The van der Waals surface area contributed by atoms with Crippen LogP contribution in [0, 0.1) is 17.8 Å². The minimum absolute atomic E-state index is 0.168. The smallest absolute Gasteiger partial charge is 0.0840 e. The van der Waals surface area contributed by atoms with Crippen LogP contribution in [0.5, 0.6) is 0 Å². The van der Waals surface area contributed by atoms with Gasteiger partial charge in [0.15, 0.2) is 0 Å². The third-order valence-electron chi connectivity index (χ3n) is 6.21. The first kappa shape index (κ1) is 17.4. The van der Waals surface area contributed by atoms with Crippen LogP contribution in [0.4, 0.5) is 0 Å². The molecule has 2 aromatic rings. The first-order valence-electron chi connectivity index (χ1n) is 10.2. The fraction of sp³-hybridized carbons (Fsp3) is 0.440. The van der Waals surface area contributed by atoms with Crippen LogP contribution in [-0.4, -0.2) is 24.5 Å². The molecule has 0 unspecified atom stereocenters. The van der Waals surface area contributed by atoms with Crippen molar-refractivity contribution in [3.05, 3.63) is 71.8 Å². The van der Waals surface area contributed by atoms with Crippen molar-refractivity contribution in [1.82, 2.24) is 4.90 Å². The van der Waals surface area contributed by atoms with E-state index in [-0.39, 0.29) is 5.41 Å². The van der Waals surface area contributed by atoms with Crippen molar-refractivity contribution >= 4 is 0 Å². The maximum absolute atomic E-state index is 3.84. The summed E-state index contributed by atoms with van der Waals surface area (Å²) in [5, 5.41) is 0. The quantitative estimate of drug-likeness (QED) is 0.684. The summed E-state index contributed by atoms with van der Waals surface area (Å²) in [6.45, 7) is 3.33. The Morgan fingerprint density at radius 3 is 1.85 bits per heavy atom. The summed E-state index contributed by atoms with van der Waals surface area (Å²) in [4.78, 5) is 2.50. The predicted molar refractivity (Wildman–Crippen MR) is 109 cm³/mol. The average molecular weight is 344 g/mol. The largest absolute Gasteiger partial charge is 0.292 e. The van der Waals surface area contributed by atoms with E-state index in [4.69, 9.17) is 0 Å². The van der Waals surface area contributed by atoms with Gasteiger partial charge in [-0.15, -0.1) is 0 Å². The van der Waals surface area contributed by atoms with Crippen LogP contribution in [0.15, 0.2) is 60.7 Å². The van der Waals surface area contributed by atoms with Gasteiger partial charge in [-0.3, -0.25) is 4.90 Å². The van der Waals surface area contributed by atoms with Crippen LogP contribution in [-0.2, 0) is 5.41 Å². The second-order valence-electron chi connectivity index (χ2n) is 7.81. The van der Waals surface area contributed by atoms with Gasteiger partial charge in [-0.2, -0.15) is 0 Å². The molecule has 4 rings (SSSR count). The van der Waals surface area contributed by atoms with Crippen LogP contribution >= 0.6 is 0 Å². The van der Waals surface area contributed by atoms with Crippen LogP contribution in [0.3, 0.4) is 0 Å². The Labute approximate surface area is 158 Å². The number of likely N-dealkylation sites (tertiary alicyclic amines) is 1. The van der Waals surface area contributed by atoms with Gasteiger partial charge in [0.2, 0.25) is 0 Å². The van der Waals surface area contributed by atoms with Gasteiger partial charge < -0.3 is 0 Å². The molecule has 0 spiro atoms.